The zero-order valence-corrected chi connectivity index (χ0v) is 14.8. The van der Waals surface area contributed by atoms with E-state index in [0.29, 0.717) is 24.1 Å². The molecule has 26 heavy (non-hydrogen) atoms. The van der Waals surface area contributed by atoms with Gasteiger partial charge in [0, 0.05) is 6.20 Å². The maximum atomic E-state index is 13.3. The molecule has 1 aliphatic rings. The summed E-state index contributed by atoms with van der Waals surface area (Å²) in [5.41, 5.74) is 0.782. The molecule has 2 atom stereocenters. The molecule has 2 N–H and O–H groups in total. The third-order valence-electron chi connectivity index (χ3n) is 5.13. The Morgan fingerprint density at radius 1 is 1.35 bits per heavy atom. The summed E-state index contributed by atoms with van der Waals surface area (Å²) < 4.78 is 14.8. The highest BCUT2D eigenvalue weighted by molar-refractivity contribution is 5.93. The zero-order chi connectivity index (χ0) is 18.9. The van der Waals surface area contributed by atoms with Crippen LogP contribution in [0.5, 0.6) is 0 Å². The van der Waals surface area contributed by atoms with Crippen molar-refractivity contribution in [2.24, 2.45) is 5.92 Å². The predicted octanol–water partition coefficient (Wildman–Crippen LogP) is 3.08. The van der Waals surface area contributed by atoms with Crippen LogP contribution in [0.4, 0.5) is 4.39 Å². The van der Waals surface area contributed by atoms with Crippen molar-refractivity contribution in [1.29, 1.82) is 0 Å². The van der Waals surface area contributed by atoms with E-state index in [-0.39, 0.29) is 11.5 Å². The molecule has 1 heterocycles. The molecule has 1 aromatic carbocycles. The monoisotopic (exact) mass is 359 g/mol. The van der Waals surface area contributed by atoms with E-state index in [1.54, 1.807) is 32.2 Å². The smallest absolute Gasteiger partial charge is 0.308 e. The molecular formula is C19H22FN3O3. The number of aliphatic carboxylic acids is 1. The van der Waals surface area contributed by atoms with Crippen molar-refractivity contribution in [2.45, 2.75) is 45.1 Å². The number of carboxylic acids is 1. The molecule has 0 saturated heterocycles. The molecule has 1 fully saturated rings. The minimum absolute atomic E-state index is 0.199. The molecule has 0 spiro atoms. The van der Waals surface area contributed by atoms with Gasteiger partial charge in [-0.05, 0) is 56.5 Å². The van der Waals surface area contributed by atoms with E-state index in [1.807, 2.05) is 0 Å². The quantitative estimate of drug-likeness (QED) is 0.879. The molecule has 1 amide bonds. The van der Waals surface area contributed by atoms with E-state index in [0.717, 1.165) is 12.8 Å². The lowest BCUT2D eigenvalue weighted by Gasteiger charge is -2.39. The van der Waals surface area contributed by atoms with Crippen LogP contribution in [0.1, 0.15) is 48.7 Å². The maximum Gasteiger partial charge on any atom is 0.308 e. The first-order chi connectivity index (χ1) is 12.3. The fraction of sp³-hybridized carbons (Fsp3) is 0.421. The average Bonchev–Trinajstić information content (AvgIpc) is 3.04. The van der Waals surface area contributed by atoms with Crippen LogP contribution >= 0.6 is 0 Å². The highest BCUT2D eigenvalue weighted by atomic mass is 19.1. The fourth-order valence-corrected chi connectivity index (χ4v) is 3.66. The van der Waals surface area contributed by atoms with Gasteiger partial charge in [0.25, 0.3) is 5.91 Å². The summed E-state index contributed by atoms with van der Waals surface area (Å²) >= 11 is 0. The summed E-state index contributed by atoms with van der Waals surface area (Å²) in [5.74, 6) is -2.23. The lowest BCUT2D eigenvalue weighted by molar-refractivity contribution is -0.145. The van der Waals surface area contributed by atoms with Crippen LogP contribution in [0.25, 0.3) is 5.69 Å². The molecule has 1 saturated carbocycles. The van der Waals surface area contributed by atoms with Crippen molar-refractivity contribution >= 4 is 11.9 Å². The van der Waals surface area contributed by atoms with Gasteiger partial charge in [0.15, 0.2) is 5.69 Å². The van der Waals surface area contributed by atoms with Crippen LogP contribution in [0, 0.1) is 18.7 Å². The van der Waals surface area contributed by atoms with E-state index in [1.165, 1.54) is 16.8 Å². The number of nitrogens with zero attached hydrogens (tertiary/aromatic N) is 2. The minimum atomic E-state index is -0.889. The van der Waals surface area contributed by atoms with Crippen molar-refractivity contribution < 1.29 is 19.1 Å². The summed E-state index contributed by atoms with van der Waals surface area (Å²) in [6.07, 6.45) is 4.53. The first-order valence-corrected chi connectivity index (χ1v) is 8.68. The summed E-state index contributed by atoms with van der Waals surface area (Å²) in [7, 11) is 0. The number of rotatable bonds is 4. The van der Waals surface area contributed by atoms with Gasteiger partial charge in [-0.25, -0.2) is 9.07 Å². The Bertz CT molecular complexity index is 848. The number of carbonyl (C=O) groups is 2. The molecule has 7 heteroatoms. The Balaban J connectivity index is 1.80. The van der Waals surface area contributed by atoms with Crippen LogP contribution in [-0.2, 0) is 4.79 Å². The molecule has 0 radical (unpaired) electrons. The number of hydrogen-bond donors (Lipinski definition) is 2. The molecule has 1 aromatic heterocycles. The SMILES string of the molecule is Cc1cc(F)ccc1-n1ccc(C(=O)NC2(C)CCCCC2C(=O)O)n1. The highest BCUT2D eigenvalue weighted by Gasteiger charge is 2.42. The second-order valence-electron chi connectivity index (χ2n) is 7.08. The van der Waals surface area contributed by atoms with Gasteiger partial charge in [-0.15, -0.1) is 0 Å². The van der Waals surface area contributed by atoms with Gasteiger partial charge >= 0.3 is 5.97 Å². The molecule has 1 aliphatic carbocycles. The molecular weight excluding hydrogens is 337 g/mol. The average molecular weight is 359 g/mol. The summed E-state index contributed by atoms with van der Waals surface area (Å²) in [6.45, 7) is 3.55. The van der Waals surface area contributed by atoms with E-state index in [9.17, 15) is 19.1 Å². The van der Waals surface area contributed by atoms with Crippen molar-refractivity contribution in [3.05, 3.63) is 47.5 Å². The van der Waals surface area contributed by atoms with Gasteiger partial charge in [0.1, 0.15) is 5.82 Å². The standard InChI is InChI=1S/C19H22FN3O3/c1-12-11-13(20)6-7-16(12)23-10-8-15(22-23)17(24)21-19(2)9-4-3-5-14(19)18(25)26/h6-8,10-11,14H,3-5,9H2,1-2H3,(H,21,24)(H,25,26). The number of aromatic nitrogens is 2. The second kappa shape index (κ2) is 6.90. The number of carbonyl (C=O) groups excluding carboxylic acids is 1. The lowest BCUT2D eigenvalue weighted by atomic mass is 9.74. The maximum absolute atomic E-state index is 13.3. The number of carboxylic acid groups (broad SMARTS) is 1. The van der Waals surface area contributed by atoms with Crippen LogP contribution in [-0.4, -0.2) is 32.3 Å². The van der Waals surface area contributed by atoms with Gasteiger partial charge in [-0.2, -0.15) is 5.10 Å². The van der Waals surface area contributed by atoms with E-state index in [4.69, 9.17) is 0 Å². The number of halogens is 1. The first kappa shape index (κ1) is 18.1. The minimum Gasteiger partial charge on any atom is -0.481 e. The summed E-state index contributed by atoms with van der Waals surface area (Å²) in [6, 6.07) is 5.91. The summed E-state index contributed by atoms with van der Waals surface area (Å²) in [5, 5.41) is 16.6. The van der Waals surface area contributed by atoms with E-state index >= 15 is 0 Å². The Labute approximate surface area is 151 Å². The number of aryl methyl sites for hydroxylation is 1. The largest absolute Gasteiger partial charge is 0.481 e. The van der Waals surface area contributed by atoms with E-state index < -0.39 is 23.3 Å². The summed E-state index contributed by atoms with van der Waals surface area (Å²) in [4.78, 5) is 24.2. The predicted molar refractivity (Wildman–Crippen MR) is 93.7 cm³/mol. The second-order valence-corrected chi connectivity index (χ2v) is 7.08. The van der Waals surface area contributed by atoms with Crippen LogP contribution in [0.2, 0.25) is 0 Å². The van der Waals surface area contributed by atoms with Crippen molar-refractivity contribution in [2.75, 3.05) is 0 Å². The van der Waals surface area contributed by atoms with Gasteiger partial charge < -0.3 is 10.4 Å². The van der Waals surface area contributed by atoms with Crippen molar-refractivity contribution in [1.82, 2.24) is 15.1 Å². The lowest BCUT2D eigenvalue weighted by Crippen LogP contribution is -2.55. The third-order valence-corrected chi connectivity index (χ3v) is 5.13. The Morgan fingerprint density at radius 2 is 2.12 bits per heavy atom. The Hall–Kier alpha value is -2.70. The Kier molecular flexibility index (Phi) is 4.80. The van der Waals surface area contributed by atoms with Gasteiger partial charge in [-0.3, -0.25) is 9.59 Å². The molecule has 2 unspecified atom stereocenters. The number of amides is 1. The van der Waals surface area contributed by atoms with Crippen LogP contribution < -0.4 is 5.32 Å². The molecule has 0 aliphatic heterocycles. The van der Waals surface area contributed by atoms with E-state index in [2.05, 4.69) is 10.4 Å². The van der Waals surface area contributed by atoms with Gasteiger partial charge in [0.05, 0.1) is 17.1 Å². The van der Waals surface area contributed by atoms with Gasteiger partial charge in [-0.1, -0.05) is 12.8 Å². The molecule has 3 rings (SSSR count). The van der Waals surface area contributed by atoms with Crippen LogP contribution in [0.3, 0.4) is 0 Å². The van der Waals surface area contributed by atoms with Crippen molar-refractivity contribution in [3.63, 3.8) is 0 Å². The van der Waals surface area contributed by atoms with Gasteiger partial charge in [0.2, 0.25) is 0 Å². The topological polar surface area (TPSA) is 84.2 Å². The molecule has 6 nitrogen and oxygen atoms in total. The normalized spacial score (nSPS) is 22.8. The number of benzene rings is 1. The number of hydrogen-bond acceptors (Lipinski definition) is 3. The molecule has 2 aromatic rings. The first-order valence-electron chi connectivity index (χ1n) is 8.68. The van der Waals surface area contributed by atoms with Crippen LogP contribution in [0.15, 0.2) is 30.5 Å². The highest BCUT2D eigenvalue weighted by Crippen LogP contribution is 2.34. The molecule has 0 bridgehead atoms. The number of nitrogens with one attached hydrogen (secondary N) is 1. The van der Waals surface area contributed by atoms with Crippen molar-refractivity contribution in [3.8, 4) is 5.69 Å². The molecule has 138 valence electrons. The third kappa shape index (κ3) is 3.47. The Morgan fingerprint density at radius 3 is 2.81 bits per heavy atom. The fourth-order valence-electron chi connectivity index (χ4n) is 3.66. The zero-order valence-electron chi connectivity index (χ0n) is 14.8.